The SMILES string of the molecule is NC(CC1CCCc2ccccc21)C(=O)c1ccc(C(=O)CC(=O)C(=O)O)cc1. The molecule has 2 atom stereocenters. The number of carbonyl (C=O) groups excluding carboxylic acids is 3. The van der Waals surface area contributed by atoms with Gasteiger partial charge >= 0.3 is 5.97 Å². The molecule has 3 N–H and O–H groups in total. The fourth-order valence-corrected chi connectivity index (χ4v) is 3.87. The molecule has 0 saturated heterocycles. The molecule has 0 fully saturated rings. The first kappa shape index (κ1) is 20.6. The average Bonchev–Trinajstić information content (AvgIpc) is 2.73. The lowest BCUT2D eigenvalue weighted by Crippen LogP contribution is -2.33. The highest BCUT2D eigenvalue weighted by molar-refractivity contribution is 6.37. The standard InChI is InChI=1S/C23H23NO5/c24-19(12-17-6-3-5-14-4-1-2-7-18(14)17)22(27)16-10-8-15(9-11-16)20(25)13-21(26)23(28)29/h1-2,4,7-11,17,19H,3,5-6,12-13,24H2,(H,28,29). The molecule has 2 aromatic rings. The van der Waals surface area contributed by atoms with Crippen LogP contribution in [0.25, 0.3) is 0 Å². The number of hydrogen-bond acceptors (Lipinski definition) is 5. The van der Waals surface area contributed by atoms with E-state index in [0.29, 0.717) is 12.0 Å². The molecule has 6 nitrogen and oxygen atoms in total. The number of nitrogens with two attached hydrogens (primary N) is 1. The van der Waals surface area contributed by atoms with Gasteiger partial charge in [-0.2, -0.15) is 0 Å². The van der Waals surface area contributed by atoms with Gasteiger partial charge in [-0.15, -0.1) is 0 Å². The first-order valence-corrected chi connectivity index (χ1v) is 9.63. The first-order chi connectivity index (χ1) is 13.9. The Bertz CT molecular complexity index is 948. The van der Waals surface area contributed by atoms with Crippen molar-refractivity contribution in [1.29, 1.82) is 0 Å². The monoisotopic (exact) mass is 393 g/mol. The Kier molecular flexibility index (Phi) is 6.34. The number of rotatable bonds is 8. The maximum Gasteiger partial charge on any atom is 0.372 e. The minimum absolute atomic E-state index is 0.186. The average molecular weight is 393 g/mol. The Hall–Kier alpha value is -3.12. The van der Waals surface area contributed by atoms with Crippen LogP contribution in [0, 0.1) is 0 Å². The van der Waals surface area contributed by atoms with Crippen LogP contribution in [0.2, 0.25) is 0 Å². The van der Waals surface area contributed by atoms with E-state index in [1.54, 1.807) is 0 Å². The van der Waals surface area contributed by atoms with Crippen LogP contribution in [0.15, 0.2) is 48.5 Å². The molecule has 0 heterocycles. The molecule has 0 saturated carbocycles. The number of fused-ring (bicyclic) bond motifs is 1. The summed E-state index contributed by atoms with van der Waals surface area (Å²) in [6.07, 6.45) is 2.99. The number of aryl methyl sites for hydroxylation is 1. The van der Waals surface area contributed by atoms with Crippen LogP contribution in [-0.4, -0.2) is 34.5 Å². The minimum Gasteiger partial charge on any atom is -0.475 e. The lowest BCUT2D eigenvalue weighted by atomic mass is 9.79. The van der Waals surface area contributed by atoms with Gasteiger partial charge in [0.05, 0.1) is 12.5 Å². The normalized spacial score (nSPS) is 16.5. The molecule has 29 heavy (non-hydrogen) atoms. The quantitative estimate of drug-likeness (QED) is 0.405. The number of benzene rings is 2. The number of carboxylic acids is 1. The van der Waals surface area contributed by atoms with E-state index in [0.717, 1.165) is 19.3 Å². The summed E-state index contributed by atoms with van der Waals surface area (Å²) >= 11 is 0. The fourth-order valence-electron chi connectivity index (χ4n) is 3.87. The van der Waals surface area contributed by atoms with E-state index < -0.39 is 30.0 Å². The lowest BCUT2D eigenvalue weighted by Gasteiger charge is -2.27. The predicted octanol–water partition coefficient (Wildman–Crippen LogP) is 2.93. The Labute approximate surface area is 168 Å². The van der Waals surface area contributed by atoms with Gasteiger partial charge in [0.2, 0.25) is 5.78 Å². The van der Waals surface area contributed by atoms with E-state index in [1.165, 1.54) is 35.4 Å². The largest absolute Gasteiger partial charge is 0.475 e. The van der Waals surface area contributed by atoms with Gasteiger partial charge in [-0.3, -0.25) is 14.4 Å². The Morgan fingerprint density at radius 3 is 2.34 bits per heavy atom. The van der Waals surface area contributed by atoms with Crippen LogP contribution in [0.3, 0.4) is 0 Å². The number of hydrogen-bond donors (Lipinski definition) is 2. The van der Waals surface area contributed by atoms with Crippen molar-refractivity contribution in [2.45, 2.75) is 44.1 Å². The first-order valence-electron chi connectivity index (χ1n) is 9.63. The summed E-state index contributed by atoms with van der Waals surface area (Å²) in [5, 5.41) is 8.59. The maximum absolute atomic E-state index is 12.7. The van der Waals surface area contributed by atoms with Crippen LogP contribution < -0.4 is 5.73 Å². The van der Waals surface area contributed by atoms with Crippen molar-refractivity contribution in [3.8, 4) is 0 Å². The van der Waals surface area contributed by atoms with Crippen molar-refractivity contribution >= 4 is 23.3 Å². The third kappa shape index (κ3) is 4.84. The number of carbonyl (C=O) groups is 4. The van der Waals surface area contributed by atoms with Gasteiger partial charge in [0.25, 0.3) is 0 Å². The van der Waals surface area contributed by atoms with Crippen molar-refractivity contribution in [3.63, 3.8) is 0 Å². The molecular formula is C23H23NO5. The second-order valence-electron chi connectivity index (χ2n) is 7.40. The van der Waals surface area contributed by atoms with Crippen molar-refractivity contribution < 1.29 is 24.3 Å². The molecule has 0 aliphatic heterocycles. The third-order valence-corrected chi connectivity index (χ3v) is 5.42. The summed E-state index contributed by atoms with van der Waals surface area (Å²) in [5.74, 6) is -3.35. The highest BCUT2D eigenvalue weighted by atomic mass is 16.4. The summed E-state index contributed by atoms with van der Waals surface area (Å²) in [5.41, 5.74) is 9.38. The van der Waals surface area contributed by atoms with E-state index in [4.69, 9.17) is 10.8 Å². The van der Waals surface area contributed by atoms with E-state index in [2.05, 4.69) is 12.1 Å². The molecule has 0 aromatic heterocycles. The molecule has 6 heteroatoms. The van der Waals surface area contributed by atoms with Crippen LogP contribution in [0.5, 0.6) is 0 Å². The molecule has 0 bridgehead atoms. The molecule has 2 aromatic carbocycles. The maximum atomic E-state index is 12.7. The van der Waals surface area contributed by atoms with Gasteiger partial charge in [-0.25, -0.2) is 4.79 Å². The van der Waals surface area contributed by atoms with Crippen LogP contribution >= 0.6 is 0 Å². The Morgan fingerprint density at radius 1 is 1.00 bits per heavy atom. The third-order valence-electron chi connectivity index (χ3n) is 5.42. The molecule has 2 unspecified atom stereocenters. The molecule has 1 aliphatic rings. The summed E-state index contributed by atoms with van der Waals surface area (Å²) in [4.78, 5) is 46.4. The van der Waals surface area contributed by atoms with Gasteiger partial charge < -0.3 is 10.8 Å². The molecule has 3 rings (SSSR count). The zero-order chi connectivity index (χ0) is 21.0. The van der Waals surface area contributed by atoms with E-state index in [9.17, 15) is 19.2 Å². The Morgan fingerprint density at radius 2 is 1.66 bits per heavy atom. The van der Waals surface area contributed by atoms with Gasteiger partial charge in [-0.05, 0) is 42.7 Å². The van der Waals surface area contributed by atoms with E-state index in [1.807, 2.05) is 12.1 Å². The van der Waals surface area contributed by atoms with Crippen molar-refractivity contribution in [1.82, 2.24) is 0 Å². The topological polar surface area (TPSA) is 115 Å². The van der Waals surface area contributed by atoms with E-state index >= 15 is 0 Å². The second kappa shape index (κ2) is 8.92. The van der Waals surface area contributed by atoms with Crippen LogP contribution in [-0.2, 0) is 16.0 Å². The molecule has 1 aliphatic carbocycles. The van der Waals surface area contributed by atoms with Crippen LogP contribution in [0.4, 0.5) is 0 Å². The number of carboxylic acid groups (broad SMARTS) is 1. The molecule has 0 radical (unpaired) electrons. The second-order valence-corrected chi connectivity index (χ2v) is 7.40. The molecule has 150 valence electrons. The van der Waals surface area contributed by atoms with Crippen molar-refractivity contribution in [2.24, 2.45) is 5.73 Å². The minimum atomic E-state index is -1.64. The molecule has 0 spiro atoms. The predicted molar refractivity (Wildman–Crippen MR) is 107 cm³/mol. The number of Topliss-reactive ketones (excluding diaryl/α,β-unsaturated/α-hetero) is 3. The van der Waals surface area contributed by atoms with Crippen LogP contribution in [0.1, 0.15) is 63.4 Å². The smallest absolute Gasteiger partial charge is 0.372 e. The van der Waals surface area contributed by atoms with Gasteiger partial charge in [0.1, 0.15) is 0 Å². The van der Waals surface area contributed by atoms with Gasteiger partial charge in [-0.1, -0.05) is 48.5 Å². The molecule has 0 amide bonds. The highest BCUT2D eigenvalue weighted by Crippen LogP contribution is 2.34. The van der Waals surface area contributed by atoms with E-state index in [-0.39, 0.29) is 17.3 Å². The summed E-state index contributed by atoms with van der Waals surface area (Å²) in [6, 6.07) is 13.5. The van der Waals surface area contributed by atoms with Crippen molar-refractivity contribution in [2.75, 3.05) is 0 Å². The number of ketones is 3. The molecular weight excluding hydrogens is 370 g/mol. The summed E-state index contributed by atoms with van der Waals surface area (Å²) < 4.78 is 0. The van der Waals surface area contributed by atoms with Gasteiger partial charge in [0, 0.05) is 11.1 Å². The Balaban J connectivity index is 1.65. The fraction of sp³-hybridized carbons (Fsp3) is 0.304. The number of aliphatic carboxylic acids is 1. The highest BCUT2D eigenvalue weighted by Gasteiger charge is 2.26. The lowest BCUT2D eigenvalue weighted by molar-refractivity contribution is -0.148. The summed E-state index contributed by atoms with van der Waals surface area (Å²) in [6.45, 7) is 0. The zero-order valence-electron chi connectivity index (χ0n) is 16.0. The summed E-state index contributed by atoms with van der Waals surface area (Å²) in [7, 11) is 0. The van der Waals surface area contributed by atoms with Gasteiger partial charge in [0.15, 0.2) is 11.6 Å². The van der Waals surface area contributed by atoms with Crippen molar-refractivity contribution in [3.05, 3.63) is 70.8 Å². The zero-order valence-corrected chi connectivity index (χ0v) is 16.0.